The molecule has 4 nitrogen and oxygen atoms in total. The van der Waals surface area contributed by atoms with E-state index >= 15 is 0 Å². The lowest BCUT2D eigenvalue weighted by Crippen LogP contribution is -2.54. The van der Waals surface area contributed by atoms with Crippen molar-refractivity contribution in [3.63, 3.8) is 0 Å². The minimum Gasteiger partial charge on any atom is -0.508 e. The molecule has 0 aliphatic heterocycles. The SMILES string of the molecule is Oc1ccc(C(c2ccc(O)cc2)(C(F)(F)F)C(F)(F)F)cc1.Oc1ccccc1.Oc1ccccc1. The first-order valence-electron chi connectivity index (χ1n) is 10.5. The Kier molecular flexibility index (Phi) is 9.42. The molecule has 0 saturated carbocycles. The minimum atomic E-state index is -5.70. The second kappa shape index (κ2) is 12.1. The highest BCUT2D eigenvalue weighted by Gasteiger charge is 2.72. The summed E-state index contributed by atoms with van der Waals surface area (Å²) < 4.78 is 81.6. The van der Waals surface area contributed by atoms with Gasteiger partial charge in [-0.3, -0.25) is 0 Å². The Morgan fingerprint density at radius 1 is 0.351 bits per heavy atom. The molecular weight excluding hydrogens is 502 g/mol. The van der Waals surface area contributed by atoms with Crippen LogP contribution in [0.5, 0.6) is 23.0 Å². The first-order chi connectivity index (χ1) is 17.3. The van der Waals surface area contributed by atoms with E-state index in [1.165, 1.54) is 0 Å². The van der Waals surface area contributed by atoms with Gasteiger partial charge < -0.3 is 20.4 Å². The summed E-state index contributed by atoms with van der Waals surface area (Å²) >= 11 is 0. The summed E-state index contributed by atoms with van der Waals surface area (Å²) in [7, 11) is 0. The highest BCUT2D eigenvalue weighted by molar-refractivity contribution is 5.46. The fraction of sp³-hybridized carbons (Fsp3) is 0.111. The molecule has 0 saturated heterocycles. The van der Waals surface area contributed by atoms with E-state index in [9.17, 15) is 26.3 Å². The molecule has 0 amide bonds. The summed E-state index contributed by atoms with van der Waals surface area (Å²) in [5, 5.41) is 35.5. The minimum absolute atomic E-state index is 0.322. The van der Waals surface area contributed by atoms with E-state index in [2.05, 4.69) is 0 Å². The largest absolute Gasteiger partial charge is 0.508 e. The van der Waals surface area contributed by atoms with Gasteiger partial charge in [-0.1, -0.05) is 60.7 Å². The van der Waals surface area contributed by atoms with E-state index in [0.717, 1.165) is 24.3 Å². The summed E-state index contributed by atoms with van der Waals surface area (Å²) in [6.45, 7) is 0. The lowest BCUT2D eigenvalue weighted by Gasteiger charge is -2.38. The molecule has 4 N–H and O–H groups in total. The van der Waals surface area contributed by atoms with Gasteiger partial charge in [0.25, 0.3) is 0 Å². The van der Waals surface area contributed by atoms with Gasteiger partial charge in [-0.05, 0) is 59.7 Å². The molecule has 196 valence electrons. The van der Waals surface area contributed by atoms with Crippen molar-refractivity contribution in [3.05, 3.63) is 120 Å². The van der Waals surface area contributed by atoms with Gasteiger partial charge in [0, 0.05) is 0 Å². The second-order valence-electron chi connectivity index (χ2n) is 7.51. The summed E-state index contributed by atoms with van der Waals surface area (Å²) in [6, 6.07) is 22.7. The van der Waals surface area contributed by atoms with Gasteiger partial charge in [-0.25, -0.2) is 0 Å². The fourth-order valence-electron chi connectivity index (χ4n) is 3.26. The van der Waals surface area contributed by atoms with E-state index in [1.54, 1.807) is 48.5 Å². The zero-order chi connectivity index (χ0) is 27.7. The molecule has 4 aromatic carbocycles. The molecule has 0 spiro atoms. The smallest absolute Gasteiger partial charge is 0.411 e. The summed E-state index contributed by atoms with van der Waals surface area (Å²) in [5.41, 5.74) is -6.44. The molecule has 0 radical (unpaired) electrons. The van der Waals surface area contributed by atoms with Crippen molar-refractivity contribution in [1.82, 2.24) is 0 Å². The Morgan fingerprint density at radius 2 is 0.595 bits per heavy atom. The summed E-state index contributed by atoms with van der Waals surface area (Å²) in [6.07, 6.45) is -11.4. The van der Waals surface area contributed by atoms with Crippen LogP contribution >= 0.6 is 0 Å². The number of para-hydroxylation sites is 2. The Balaban J connectivity index is 0.000000276. The van der Waals surface area contributed by atoms with Crippen LogP contribution in [0.25, 0.3) is 0 Å². The Bertz CT molecular complexity index is 1110. The third-order valence-electron chi connectivity index (χ3n) is 4.96. The Labute approximate surface area is 208 Å². The van der Waals surface area contributed by atoms with E-state index < -0.39 is 40.4 Å². The highest BCUT2D eigenvalue weighted by atomic mass is 19.4. The summed E-state index contributed by atoms with van der Waals surface area (Å²) in [5.74, 6) is -0.277. The van der Waals surface area contributed by atoms with Crippen molar-refractivity contribution < 1.29 is 46.8 Å². The van der Waals surface area contributed by atoms with Gasteiger partial charge in [-0.2, -0.15) is 26.3 Å². The number of hydrogen-bond acceptors (Lipinski definition) is 4. The molecular formula is C27H22F6O4. The van der Waals surface area contributed by atoms with Gasteiger partial charge in [0.2, 0.25) is 5.41 Å². The lowest BCUT2D eigenvalue weighted by atomic mass is 9.73. The van der Waals surface area contributed by atoms with Crippen molar-refractivity contribution in [2.75, 3.05) is 0 Å². The van der Waals surface area contributed by atoms with Crippen LogP contribution in [0.1, 0.15) is 11.1 Å². The number of benzene rings is 4. The average Bonchev–Trinajstić information content (AvgIpc) is 2.82. The van der Waals surface area contributed by atoms with Gasteiger partial charge in [0.15, 0.2) is 0 Å². The number of rotatable bonds is 2. The van der Waals surface area contributed by atoms with Crippen LogP contribution in [0.3, 0.4) is 0 Å². The molecule has 0 aromatic heterocycles. The maximum Gasteiger partial charge on any atom is 0.411 e. The van der Waals surface area contributed by atoms with E-state index in [-0.39, 0.29) is 0 Å². The van der Waals surface area contributed by atoms with E-state index in [0.29, 0.717) is 35.8 Å². The molecule has 10 heteroatoms. The summed E-state index contributed by atoms with van der Waals surface area (Å²) in [4.78, 5) is 0. The Hall–Kier alpha value is -4.34. The topological polar surface area (TPSA) is 80.9 Å². The number of phenols is 4. The quantitative estimate of drug-likeness (QED) is 0.208. The maximum absolute atomic E-state index is 13.6. The number of aromatic hydroxyl groups is 4. The number of alkyl halides is 6. The van der Waals surface area contributed by atoms with Crippen molar-refractivity contribution in [2.24, 2.45) is 0 Å². The highest BCUT2D eigenvalue weighted by Crippen LogP contribution is 2.56. The molecule has 0 unspecified atom stereocenters. The van der Waals surface area contributed by atoms with Gasteiger partial charge in [0.1, 0.15) is 23.0 Å². The van der Waals surface area contributed by atoms with Crippen molar-refractivity contribution in [3.8, 4) is 23.0 Å². The van der Waals surface area contributed by atoms with Crippen LogP contribution in [0.15, 0.2) is 109 Å². The number of hydrogen-bond donors (Lipinski definition) is 4. The second-order valence-corrected chi connectivity index (χ2v) is 7.51. The van der Waals surface area contributed by atoms with Crippen molar-refractivity contribution in [1.29, 1.82) is 0 Å². The zero-order valence-electron chi connectivity index (χ0n) is 18.9. The molecule has 0 bridgehead atoms. The van der Waals surface area contributed by atoms with Crippen molar-refractivity contribution >= 4 is 0 Å². The monoisotopic (exact) mass is 524 g/mol. The third kappa shape index (κ3) is 7.33. The third-order valence-corrected chi connectivity index (χ3v) is 4.96. The first-order valence-corrected chi connectivity index (χ1v) is 10.5. The predicted octanol–water partition coefficient (Wildman–Crippen LogP) is 7.29. The molecule has 4 aromatic rings. The number of halogens is 6. The van der Waals surface area contributed by atoms with Gasteiger partial charge in [-0.15, -0.1) is 0 Å². The van der Waals surface area contributed by atoms with E-state index in [1.807, 2.05) is 12.1 Å². The molecule has 0 atom stereocenters. The van der Waals surface area contributed by atoms with Crippen LogP contribution in [-0.2, 0) is 5.41 Å². The standard InChI is InChI=1S/C15H10F6O2.2C6H6O/c16-14(17,18)13(15(19,20)21,9-1-5-11(22)6-2-9)10-3-7-12(23)8-4-10;2*7-6-4-2-1-3-5-6/h1-8,22-23H;2*1-5,7H. The van der Waals surface area contributed by atoms with E-state index in [4.69, 9.17) is 20.4 Å². The zero-order valence-corrected chi connectivity index (χ0v) is 18.9. The van der Waals surface area contributed by atoms with Crippen LogP contribution in [-0.4, -0.2) is 32.8 Å². The van der Waals surface area contributed by atoms with Gasteiger partial charge >= 0.3 is 12.4 Å². The molecule has 37 heavy (non-hydrogen) atoms. The Morgan fingerprint density at radius 3 is 0.784 bits per heavy atom. The molecule has 0 aliphatic carbocycles. The fourth-order valence-corrected chi connectivity index (χ4v) is 3.26. The van der Waals surface area contributed by atoms with Crippen molar-refractivity contribution in [2.45, 2.75) is 17.8 Å². The van der Waals surface area contributed by atoms with Gasteiger partial charge in [0.05, 0.1) is 0 Å². The van der Waals surface area contributed by atoms with Crippen LogP contribution < -0.4 is 0 Å². The normalized spacial score (nSPS) is 11.4. The molecule has 0 heterocycles. The average molecular weight is 524 g/mol. The molecule has 0 fully saturated rings. The predicted molar refractivity (Wildman–Crippen MR) is 125 cm³/mol. The van der Waals surface area contributed by atoms with Crippen LogP contribution in [0.2, 0.25) is 0 Å². The number of phenolic OH excluding ortho intramolecular Hbond substituents is 4. The molecule has 4 rings (SSSR count). The lowest BCUT2D eigenvalue weighted by molar-refractivity contribution is -0.288. The molecule has 0 aliphatic rings. The first kappa shape index (κ1) is 28.9. The van der Waals surface area contributed by atoms with Crippen LogP contribution in [0, 0.1) is 0 Å². The maximum atomic E-state index is 13.6. The van der Waals surface area contributed by atoms with Crippen LogP contribution in [0.4, 0.5) is 26.3 Å².